The quantitative estimate of drug-likeness (QED) is 0.692. The molecule has 1 saturated carbocycles. The van der Waals surface area contributed by atoms with Gasteiger partial charge in [0.05, 0.1) is 11.7 Å². The van der Waals surface area contributed by atoms with Crippen molar-refractivity contribution in [1.82, 2.24) is 9.88 Å². The lowest BCUT2D eigenvalue weighted by atomic mass is 9.95. The van der Waals surface area contributed by atoms with Crippen LogP contribution in [0, 0.1) is 5.41 Å². The van der Waals surface area contributed by atoms with E-state index in [0.29, 0.717) is 24.6 Å². The SMILES string of the molecule is CC(=O)Nc1cccc(-c2cncc(OCC3(N(CC(C)(C)C)C(=O)O)CC3)c2)c1. The predicted octanol–water partition coefficient (Wildman–Crippen LogP) is 4.64. The van der Waals surface area contributed by atoms with E-state index < -0.39 is 11.6 Å². The second-order valence-corrected chi connectivity index (χ2v) is 9.11. The molecule has 0 atom stereocenters. The maximum absolute atomic E-state index is 11.9. The van der Waals surface area contributed by atoms with Crippen molar-refractivity contribution in [1.29, 1.82) is 0 Å². The third kappa shape index (κ3) is 5.49. The number of anilines is 1. The lowest BCUT2D eigenvalue weighted by Crippen LogP contribution is -2.48. The fourth-order valence-electron chi connectivity index (χ4n) is 3.40. The molecule has 1 aromatic heterocycles. The second kappa shape index (κ2) is 8.34. The van der Waals surface area contributed by atoms with Gasteiger partial charge in [-0.25, -0.2) is 4.79 Å². The van der Waals surface area contributed by atoms with Gasteiger partial charge in [0.1, 0.15) is 12.4 Å². The first kappa shape index (κ1) is 21.6. The molecular formula is C23H29N3O4. The minimum absolute atomic E-state index is 0.129. The molecule has 2 N–H and O–H groups in total. The van der Waals surface area contributed by atoms with E-state index in [-0.39, 0.29) is 11.3 Å². The summed E-state index contributed by atoms with van der Waals surface area (Å²) >= 11 is 0. The number of hydrogen-bond acceptors (Lipinski definition) is 4. The number of carboxylic acid groups (broad SMARTS) is 1. The largest absolute Gasteiger partial charge is 0.490 e. The monoisotopic (exact) mass is 411 g/mol. The lowest BCUT2D eigenvalue weighted by molar-refractivity contribution is -0.114. The zero-order chi connectivity index (χ0) is 21.9. The molecule has 7 heteroatoms. The van der Waals surface area contributed by atoms with Crippen LogP contribution in [0.2, 0.25) is 0 Å². The molecule has 3 rings (SSSR count). The highest BCUT2D eigenvalue weighted by atomic mass is 16.5. The third-order valence-corrected chi connectivity index (χ3v) is 5.00. The number of rotatable bonds is 7. The number of amides is 2. The van der Waals surface area contributed by atoms with Gasteiger partial charge in [-0.1, -0.05) is 32.9 Å². The molecule has 1 aliphatic rings. The van der Waals surface area contributed by atoms with Crippen molar-refractivity contribution in [3.8, 4) is 16.9 Å². The van der Waals surface area contributed by atoms with Gasteiger partial charge in [0.15, 0.2) is 0 Å². The number of benzene rings is 1. The van der Waals surface area contributed by atoms with Crippen molar-refractivity contribution in [2.75, 3.05) is 18.5 Å². The zero-order valence-corrected chi connectivity index (χ0v) is 17.9. The van der Waals surface area contributed by atoms with Gasteiger partial charge in [-0.15, -0.1) is 0 Å². The van der Waals surface area contributed by atoms with Crippen LogP contribution in [0.15, 0.2) is 42.7 Å². The van der Waals surface area contributed by atoms with Crippen molar-refractivity contribution in [2.24, 2.45) is 5.41 Å². The van der Waals surface area contributed by atoms with Crippen molar-refractivity contribution in [3.05, 3.63) is 42.7 Å². The van der Waals surface area contributed by atoms with Crippen LogP contribution >= 0.6 is 0 Å². The van der Waals surface area contributed by atoms with Gasteiger partial charge >= 0.3 is 6.09 Å². The van der Waals surface area contributed by atoms with Crippen LogP contribution in [0.3, 0.4) is 0 Å². The number of aromatic nitrogens is 1. The molecule has 0 bridgehead atoms. The Labute approximate surface area is 177 Å². The highest BCUT2D eigenvalue weighted by molar-refractivity contribution is 5.89. The van der Waals surface area contributed by atoms with E-state index in [1.807, 2.05) is 51.1 Å². The lowest BCUT2D eigenvalue weighted by Gasteiger charge is -2.34. The van der Waals surface area contributed by atoms with Gasteiger partial charge in [-0.3, -0.25) is 14.7 Å². The summed E-state index contributed by atoms with van der Waals surface area (Å²) in [5, 5.41) is 12.5. The summed E-state index contributed by atoms with van der Waals surface area (Å²) in [6.45, 7) is 8.32. The molecule has 1 heterocycles. The van der Waals surface area contributed by atoms with Crippen molar-refractivity contribution in [3.63, 3.8) is 0 Å². The maximum Gasteiger partial charge on any atom is 0.407 e. The van der Waals surface area contributed by atoms with Crippen LogP contribution in [0.4, 0.5) is 10.5 Å². The Morgan fingerprint density at radius 3 is 2.53 bits per heavy atom. The normalized spacial score (nSPS) is 14.7. The molecule has 1 fully saturated rings. The molecule has 7 nitrogen and oxygen atoms in total. The fourth-order valence-corrected chi connectivity index (χ4v) is 3.40. The van der Waals surface area contributed by atoms with E-state index >= 15 is 0 Å². The topological polar surface area (TPSA) is 91.8 Å². The molecule has 0 spiro atoms. The Morgan fingerprint density at radius 1 is 1.20 bits per heavy atom. The summed E-state index contributed by atoms with van der Waals surface area (Å²) < 4.78 is 6.00. The smallest absolute Gasteiger partial charge is 0.407 e. The molecular weight excluding hydrogens is 382 g/mol. The van der Waals surface area contributed by atoms with Crippen LogP contribution in [0.25, 0.3) is 11.1 Å². The van der Waals surface area contributed by atoms with Gasteiger partial charge in [-0.2, -0.15) is 0 Å². The Hall–Kier alpha value is -3.09. The van der Waals surface area contributed by atoms with Crippen LogP contribution in [-0.2, 0) is 4.79 Å². The molecule has 30 heavy (non-hydrogen) atoms. The molecule has 0 unspecified atom stereocenters. The first-order chi connectivity index (χ1) is 14.1. The molecule has 160 valence electrons. The second-order valence-electron chi connectivity index (χ2n) is 9.11. The van der Waals surface area contributed by atoms with Crippen LogP contribution < -0.4 is 10.1 Å². The molecule has 2 amide bonds. The van der Waals surface area contributed by atoms with Crippen molar-refractivity contribution >= 4 is 17.7 Å². The number of nitrogens with zero attached hydrogens (tertiary/aromatic N) is 2. The van der Waals surface area contributed by atoms with E-state index in [0.717, 1.165) is 24.0 Å². The number of hydrogen-bond donors (Lipinski definition) is 2. The molecule has 0 aliphatic heterocycles. The fraction of sp³-hybridized carbons (Fsp3) is 0.435. The average Bonchev–Trinajstić information content (AvgIpc) is 3.44. The van der Waals surface area contributed by atoms with Gasteiger partial charge in [0.2, 0.25) is 5.91 Å². The minimum Gasteiger partial charge on any atom is -0.490 e. The number of carbonyl (C=O) groups is 2. The maximum atomic E-state index is 11.9. The van der Waals surface area contributed by atoms with Crippen LogP contribution in [0.1, 0.15) is 40.5 Å². The van der Waals surface area contributed by atoms with Crippen LogP contribution in [0.5, 0.6) is 5.75 Å². The summed E-state index contributed by atoms with van der Waals surface area (Å²) in [6, 6.07) is 9.38. The molecule has 1 aliphatic carbocycles. The molecule has 2 aromatic rings. The van der Waals surface area contributed by atoms with E-state index in [9.17, 15) is 14.7 Å². The first-order valence-corrected chi connectivity index (χ1v) is 10.0. The van der Waals surface area contributed by atoms with Gasteiger partial charge in [-0.05, 0) is 42.0 Å². The Bertz CT molecular complexity index is 932. The van der Waals surface area contributed by atoms with E-state index in [1.165, 1.54) is 11.8 Å². The molecule has 1 aromatic carbocycles. The summed E-state index contributed by atoms with van der Waals surface area (Å²) in [5.74, 6) is 0.458. The van der Waals surface area contributed by atoms with E-state index in [4.69, 9.17) is 4.74 Å². The summed E-state index contributed by atoms with van der Waals surface area (Å²) in [4.78, 5) is 29.0. The van der Waals surface area contributed by atoms with Gasteiger partial charge < -0.3 is 15.2 Å². The highest BCUT2D eigenvalue weighted by Crippen LogP contribution is 2.43. The van der Waals surface area contributed by atoms with Crippen molar-refractivity contribution in [2.45, 2.75) is 46.1 Å². The summed E-state index contributed by atoms with van der Waals surface area (Å²) in [6.07, 6.45) is 4.04. The van der Waals surface area contributed by atoms with Crippen LogP contribution in [-0.4, -0.2) is 45.7 Å². The van der Waals surface area contributed by atoms with Gasteiger partial charge in [0, 0.05) is 30.9 Å². The Morgan fingerprint density at radius 2 is 1.93 bits per heavy atom. The van der Waals surface area contributed by atoms with Crippen molar-refractivity contribution < 1.29 is 19.4 Å². The number of ether oxygens (including phenoxy) is 1. The Balaban J connectivity index is 1.73. The summed E-state index contributed by atoms with van der Waals surface area (Å²) in [7, 11) is 0. The number of pyridine rings is 1. The minimum atomic E-state index is -0.910. The predicted molar refractivity (Wildman–Crippen MR) is 116 cm³/mol. The average molecular weight is 412 g/mol. The van der Waals surface area contributed by atoms with E-state index in [1.54, 1.807) is 12.4 Å². The van der Waals surface area contributed by atoms with E-state index in [2.05, 4.69) is 10.3 Å². The first-order valence-electron chi connectivity index (χ1n) is 10.0. The molecule has 0 saturated heterocycles. The molecule has 0 radical (unpaired) electrons. The van der Waals surface area contributed by atoms with Gasteiger partial charge in [0.25, 0.3) is 0 Å². The number of carbonyl (C=O) groups excluding carboxylic acids is 1. The number of nitrogens with one attached hydrogen (secondary N) is 1. The third-order valence-electron chi connectivity index (χ3n) is 5.00. The standard InChI is InChI=1S/C23H29N3O4/c1-16(27)25-19-7-5-6-17(10-19)18-11-20(13-24-12-18)30-15-23(8-9-23)26(21(28)29)14-22(2,3)4/h5-7,10-13H,8-9,14-15H2,1-4H3,(H,25,27)(H,28,29). The summed E-state index contributed by atoms with van der Waals surface area (Å²) in [5.41, 5.74) is 1.87. The Kier molecular flexibility index (Phi) is 6.01. The highest BCUT2D eigenvalue weighted by Gasteiger charge is 2.52. The zero-order valence-electron chi connectivity index (χ0n) is 17.9.